The zero-order chi connectivity index (χ0) is 30.1. The molecular weight excluding hydrogens is 558 g/mol. The SMILES string of the molecule is COC1CCN(S(=O)(=O)c2ccc3cccnc3c2-c2ccn3ccc(CC(=O)OCOC(=O)C(C)(C)C)c3c2)CC1. The number of ether oxygens (including phenoxy) is 3. The van der Waals surface area contributed by atoms with Crippen LogP contribution in [0.5, 0.6) is 0 Å². The molecule has 0 unspecified atom stereocenters. The maximum atomic E-state index is 14.0. The quantitative estimate of drug-likeness (QED) is 0.215. The third-order valence-electron chi connectivity index (χ3n) is 7.48. The number of methoxy groups -OCH3 is 1. The van der Waals surface area contributed by atoms with Gasteiger partial charge in [0, 0.05) is 55.3 Å². The molecule has 4 heterocycles. The molecule has 5 rings (SSSR count). The number of aromatic nitrogens is 2. The van der Waals surface area contributed by atoms with Gasteiger partial charge in [0.1, 0.15) is 0 Å². The molecule has 0 radical (unpaired) electrons. The zero-order valence-corrected chi connectivity index (χ0v) is 25.0. The van der Waals surface area contributed by atoms with Crippen LogP contribution in [0.2, 0.25) is 0 Å². The first-order valence-corrected chi connectivity index (χ1v) is 15.3. The van der Waals surface area contributed by atoms with Crippen LogP contribution in [0.3, 0.4) is 0 Å². The first kappa shape index (κ1) is 29.7. The van der Waals surface area contributed by atoms with E-state index in [2.05, 4.69) is 4.98 Å². The van der Waals surface area contributed by atoms with Crippen LogP contribution < -0.4 is 0 Å². The predicted molar refractivity (Wildman–Crippen MR) is 157 cm³/mol. The minimum atomic E-state index is -3.85. The lowest BCUT2D eigenvalue weighted by Gasteiger charge is -2.31. The number of hydrogen-bond acceptors (Lipinski definition) is 8. The van der Waals surface area contributed by atoms with Crippen LogP contribution in [-0.4, -0.2) is 67.1 Å². The summed E-state index contributed by atoms with van der Waals surface area (Å²) < 4.78 is 47.0. The van der Waals surface area contributed by atoms with Gasteiger partial charge in [0.05, 0.1) is 28.4 Å². The minimum Gasteiger partial charge on any atom is -0.428 e. The molecule has 0 saturated carbocycles. The summed E-state index contributed by atoms with van der Waals surface area (Å²) in [6, 6.07) is 12.7. The van der Waals surface area contributed by atoms with Crippen LogP contribution >= 0.6 is 0 Å². The van der Waals surface area contributed by atoms with Crippen molar-refractivity contribution < 1.29 is 32.2 Å². The molecule has 0 amide bonds. The maximum absolute atomic E-state index is 14.0. The van der Waals surface area contributed by atoms with Crippen molar-refractivity contribution in [2.75, 3.05) is 27.0 Å². The summed E-state index contributed by atoms with van der Waals surface area (Å²) in [4.78, 5) is 29.3. The second kappa shape index (κ2) is 11.8. The van der Waals surface area contributed by atoms with E-state index in [1.165, 1.54) is 4.31 Å². The highest BCUT2D eigenvalue weighted by molar-refractivity contribution is 7.89. The fourth-order valence-corrected chi connectivity index (χ4v) is 6.78. The highest BCUT2D eigenvalue weighted by Crippen LogP contribution is 2.37. The van der Waals surface area contributed by atoms with Gasteiger partial charge in [-0.25, -0.2) is 8.42 Å². The Morgan fingerprint density at radius 3 is 2.48 bits per heavy atom. The fourth-order valence-electron chi connectivity index (χ4n) is 5.10. The molecule has 0 aliphatic carbocycles. The smallest absolute Gasteiger partial charge is 0.314 e. The van der Waals surface area contributed by atoms with Crippen LogP contribution in [0, 0.1) is 5.41 Å². The van der Waals surface area contributed by atoms with Crippen LogP contribution in [0.15, 0.2) is 66.0 Å². The Balaban J connectivity index is 1.48. The number of carbonyl (C=O) groups is 2. The average molecular weight is 594 g/mol. The Kier molecular flexibility index (Phi) is 8.36. The molecule has 1 saturated heterocycles. The van der Waals surface area contributed by atoms with Crippen molar-refractivity contribution in [1.29, 1.82) is 0 Å². The van der Waals surface area contributed by atoms with Crippen molar-refractivity contribution in [3.63, 3.8) is 0 Å². The highest BCUT2D eigenvalue weighted by Gasteiger charge is 2.32. The molecule has 42 heavy (non-hydrogen) atoms. The molecule has 10 nitrogen and oxygen atoms in total. The summed E-state index contributed by atoms with van der Waals surface area (Å²) in [7, 11) is -2.20. The Bertz CT molecular complexity index is 1730. The lowest BCUT2D eigenvalue weighted by molar-refractivity contribution is -0.172. The third-order valence-corrected chi connectivity index (χ3v) is 9.43. The van der Waals surface area contributed by atoms with E-state index in [0.29, 0.717) is 53.7 Å². The Labute approximate surface area is 245 Å². The monoisotopic (exact) mass is 593 g/mol. The summed E-state index contributed by atoms with van der Waals surface area (Å²) in [6.45, 7) is 5.43. The van der Waals surface area contributed by atoms with Gasteiger partial charge >= 0.3 is 11.9 Å². The molecule has 11 heteroatoms. The van der Waals surface area contributed by atoms with Gasteiger partial charge < -0.3 is 18.6 Å². The molecule has 3 aromatic heterocycles. The first-order valence-electron chi connectivity index (χ1n) is 13.8. The van der Waals surface area contributed by atoms with E-state index < -0.39 is 34.2 Å². The molecule has 1 aliphatic heterocycles. The normalized spacial score (nSPS) is 15.2. The number of nitrogens with zero attached hydrogens (tertiary/aromatic N) is 3. The predicted octanol–water partition coefficient (Wildman–Crippen LogP) is 4.59. The number of carbonyl (C=O) groups excluding carboxylic acids is 2. The molecule has 1 aromatic carbocycles. The molecule has 0 spiro atoms. The summed E-state index contributed by atoms with van der Waals surface area (Å²) in [5, 5.41) is 0.813. The standard InChI is InChI=1S/C31H35N3O7S/c1-31(2,3)30(36)41-20-40-27(35)19-22-9-14-33-15-10-23(18-25(22)33)28-26(8-7-21-6-5-13-32-29(21)28)42(37,38)34-16-11-24(39-4)12-17-34/h5-10,13-15,18,24H,11-12,16-17,19-20H2,1-4H3. The first-order chi connectivity index (χ1) is 20.0. The number of piperidine rings is 1. The largest absolute Gasteiger partial charge is 0.428 e. The van der Waals surface area contributed by atoms with Gasteiger partial charge in [-0.15, -0.1) is 0 Å². The van der Waals surface area contributed by atoms with Gasteiger partial charge in [-0.2, -0.15) is 4.31 Å². The van der Waals surface area contributed by atoms with E-state index in [1.54, 1.807) is 52.3 Å². The van der Waals surface area contributed by atoms with Crippen LogP contribution in [-0.2, 0) is 40.2 Å². The molecule has 1 fully saturated rings. The van der Waals surface area contributed by atoms with E-state index in [1.807, 2.05) is 41.1 Å². The molecule has 1 aliphatic rings. The van der Waals surface area contributed by atoms with E-state index in [0.717, 1.165) is 5.39 Å². The van der Waals surface area contributed by atoms with Gasteiger partial charge in [0.25, 0.3) is 0 Å². The van der Waals surface area contributed by atoms with Crippen LogP contribution in [0.1, 0.15) is 39.2 Å². The van der Waals surface area contributed by atoms with Crippen molar-refractivity contribution in [2.45, 2.75) is 51.0 Å². The summed E-state index contributed by atoms with van der Waals surface area (Å²) in [5.41, 5.74) is 2.43. The number of benzene rings is 1. The van der Waals surface area contributed by atoms with E-state index >= 15 is 0 Å². The Morgan fingerprint density at radius 2 is 1.76 bits per heavy atom. The number of fused-ring (bicyclic) bond motifs is 2. The van der Waals surface area contributed by atoms with Gasteiger partial charge in [-0.1, -0.05) is 12.1 Å². The fraction of sp³-hybridized carbons (Fsp3) is 0.387. The number of hydrogen-bond donors (Lipinski definition) is 0. The summed E-state index contributed by atoms with van der Waals surface area (Å²) >= 11 is 0. The lowest BCUT2D eigenvalue weighted by atomic mass is 9.98. The van der Waals surface area contributed by atoms with Gasteiger partial charge in [0.15, 0.2) is 0 Å². The second-order valence-corrected chi connectivity index (χ2v) is 13.3. The molecule has 0 bridgehead atoms. The number of sulfonamides is 1. The summed E-state index contributed by atoms with van der Waals surface area (Å²) in [5.74, 6) is -1.02. The van der Waals surface area contributed by atoms with Gasteiger partial charge in [-0.3, -0.25) is 14.6 Å². The second-order valence-electron chi connectivity index (χ2n) is 11.4. The molecule has 222 valence electrons. The van der Waals surface area contributed by atoms with Crippen LogP contribution in [0.4, 0.5) is 0 Å². The topological polar surface area (TPSA) is 117 Å². The minimum absolute atomic E-state index is 0.0432. The highest BCUT2D eigenvalue weighted by atomic mass is 32.2. The van der Waals surface area contributed by atoms with Crippen molar-refractivity contribution in [1.82, 2.24) is 13.7 Å². The van der Waals surface area contributed by atoms with Crippen molar-refractivity contribution in [3.05, 3.63) is 66.6 Å². The van der Waals surface area contributed by atoms with Gasteiger partial charge in [0.2, 0.25) is 16.8 Å². The van der Waals surface area contributed by atoms with Crippen molar-refractivity contribution >= 4 is 38.4 Å². The van der Waals surface area contributed by atoms with Crippen molar-refractivity contribution in [3.8, 4) is 11.1 Å². The number of esters is 2. The molecular formula is C31H35N3O7S. The summed E-state index contributed by atoms with van der Waals surface area (Å²) in [6.07, 6.45) is 6.54. The third kappa shape index (κ3) is 6.04. The molecule has 0 atom stereocenters. The Hall–Kier alpha value is -3.80. The Morgan fingerprint density at radius 1 is 1.02 bits per heavy atom. The zero-order valence-electron chi connectivity index (χ0n) is 24.2. The average Bonchev–Trinajstić information content (AvgIpc) is 3.37. The maximum Gasteiger partial charge on any atom is 0.314 e. The van der Waals surface area contributed by atoms with E-state index in [9.17, 15) is 18.0 Å². The molecule has 0 N–H and O–H groups in total. The van der Waals surface area contributed by atoms with Crippen molar-refractivity contribution in [2.24, 2.45) is 5.41 Å². The lowest BCUT2D eigenvalue weighted by Crippen LogP contribution is -2.40. The molecule has 4 aromatic rings. The number of pyridine rings is 2. The number of rotatable bonds is 8. The van der Waals surface area contributed by atoms with Gasteiger partial charge in [-0.05, 0) is 75.1 Å². The van der Waals surface area contributed by atoms with E-state index in [4.69, 9.17) is 14.2 Å². The van der Waals surface area contributed by atoms with Crippen LogP contribution in [0.25, 0.3) is 27.5 Å². The van der Waals surface area contributed by atoms with E-state index in [-0.39, 0.29) is 17.4 Å².